The summed E-state index contributed by atoms with van der Waals surface area (Å²) in [6.45, 7) is 1.77. The maximum atomic E-state index is 14.5. The Hall–Kier alpha value is -3.39. The second-order valence-corrected chi connectivity index (χ2v) is 7.09. The molecule has 0 saturated heterocycles. The zero-order valence-electron chi connectivity index (χ0n) is 16.4. The lowest BCUT2D eigenvalue weighted by molar-refractivity contribution is -0.0379. The molecule has 30 heavy (non-hydrogen) atoms. The fourth-order valence-corrected chi connectivity index (χ4v) is 3.27. The van der Waals surface area contributed by atoms with Crippen molar-refractivity contribution in [3.8, 4) is 0 Å². The Morgan fingerprint density at radius 1 is 1.17 bits per heavy atom. The second kappa shape index (κ2) is 9.41. The molecule has 0 aliphatic heterocycles. The van der Waals surface area contributed by atoms with Crippen LogP contribution < -0.4 is 0 Å². The number of nitrogens with zero attached hydrogens (tertiary/aromatic N) is 4. The molecule has 0 aliphatic rings. The fraction of sp³-hybridized carbons (Fsp3) is 0.227. The molecule has 8 heteroatoms. The van der Waals surface area contributed by atoms with Gasteiger partial charge in [-0.2, -0.15) is 5.10 Å². The quantitative estimate of drug-likeness (QED) is 0.333. The van der Waals surface area contributed by atoms with E-state index < -0.39 is 23.2 Å². The van der Waals surface area contributed by atoms with Gasteiger partial charge in [0.1, 0.15) is 29.9 Å². The summed E-state index contributed by atoms with van der Waals surface area (Å²) < 4.78 is 29.4. The van der Waals surface area contributed by atoms with E-state index in [1.165, 1.54) is 29.6 Å². The van der Waals surface area contributed by atoms with Gasteiger partial charge in [-0.3, -0.25) is 0 Å². The van der Waals surface area contributed by atoms with Crippen LogP contribution in [0, 0.1) is 17.6 Å². The Balaban J connectivity index is 1.82. The Labute approximate surface area is 172 Å². The van der Waals surface area contributed by atoms with Crippen molar-refractivity contribution >= 4 is 12.3 Å². The summed E-state index contributed by atoms with van der Waals surface area (Å²) in [7, 11) is 0. The van der Waals surface area contributed by atoms with Gasteiger partial charge < -0.3 is 10.3 Å². The predicted octanol–water partition coefficient (Wildman–Crippen LogP) is 3.99. The van der Waals surface area contributed by atoms with E-state index in [1.54, 1.807) is 19.1 Å². The molecule has 0 radical (unpaired) electrons. The Bertz CT molecular complexity index is 1020. The predicted molar refractivity (Wildman–Crippen MR) is 109 cm³/mol. The molecule has 0 amide bonds. The van der Waals surface area contributed by atoms with Gasteiger partial charge in [-0.1, -0.05) is 54.6 Å². The maximum Gasteiger partial charge on any atom is 0.137 e. The second-order valence-electron chi connectivity index (χ2n) is 7.09. The Kier molecular flexibility index (Phi) is 6.68. The summed E-state index contributed by atoms with van der Waals surface area (Å²) in [6.07, 6.45) is 8.29. The van der Waals surface area contributed by atoms with Crippen molar-refractivity contribution in [2.75, 3.05) is 0 Å². The van der Waals surface area contributed by atoms with Crippen LogP contribution in [-0.4, -0.2) is 31.3 Å². The molecule has 0 spiro atoms. The monoisotopic (exact) mass is 412 g/mol. The van der Waals surface area contributed by atoms with E-state index in [1.807, 2.05) is 24.3 Å². The van der Waals surface area contributed by atoms with Crippen LogP contribution in [0.1, 0.15) is 30.0 Å². The van der Waals surface area contributed by atoms with E-state index in [-0.39, 0.29) is 12.1 Å². The first kappa shape index (κ1) is 21.3. The van der Waals surface area contributed by atoms with E-state index in [9.17, 15) is 13.9 Å². The Morgan fingerprint density at radius 2 is 1.90 bits per heavy atom. The van der Waals surface area contributed by atoms with Gasteiger partial charge in [0.15, 0.2) is 0 Å². The van der Waals surface area contributed by atoms with Crippen molar-refractivity contribution in [2.24, 2.45) is 11.1 Å². The maximum absolute atomic E-state index is 14.5. The van der Waals surface area contributed by atoms with Crippen molar-refractivity contribution in [1.82, 2.24) is 14.8 Å². The Morgan fingerprint density at radius 3 is 2.53 bits per heavy atom. The molecular formula is C22H22F2N4O2. The fourth-order valence-electron chi connectivity index (χ4n) is 3.27. The summed E-state index contributed by atoms with van der Waals surface area (Å²) in [6, 6.07) is 10.5. The highest BCUT2D eigenvalue weighted by Gasteiger charge is 2.38. The first-order valence-corrected chi connectivity index (χ1v) is 9.36. The molecule has 156 valence electrons. The number of oxime groups is 1. The summed E-state index contributed by atoms with van der Waals surface area (Å²) in [4.78, 5) is 3.87. The van der Waals surface area contributed by atoms with Crippen molar-refractivity contribution in [2.45, 2.75) is 25.5 Å². The van der Waals surface area contributed by atoms with Crippen LogP contribution in [0.3, 0.4) is 0 Å². The molecule has 0 fully saturated rings. The van der Waals surface area contributed by atoms with E-state index in [2.05, 4.69) is 15.2 Å². The van der Waals surface area contributed by atoms with Gasteiger partial charge in [0.2, 0.25) is 0 Å². The largest absolute Gasteiger partial charge is 0.411 e. The first-order chi connectivity index (χ1) is 14.4. The minimum absolute atomic E-state index is 0.00736. The highest BCUT2D eigenvalue weighted by molar-refractivity contribution is 5.79. The van der Waals surface area contributed by atoms with Crippen LogP contribution in [0.4, 0.5) is 8.78 Å². The molecule has 3 rings (SSSR count). The molecular weight excluding hydrogens is 390 g/mol. The summed E-state index contributed by atoms with van der Waals surface area (Å²) in [5.41, 5.74) is 0.0621. The SMILES string of the molecule is C[C@@H](C/C=C/c1ccc(C=NO)cc1)[C@](O)(Cn1cncn1)c1ccc(F)cc1F. The number of hydrogen-bond donors (Lipinski definition) is 2. The number of aromatic nitrogens is 3. The number of rotatable bonds is 8. The lowest BCUT2D eigenvalue weighted by atomic mass is 9.80. The third-order valence-electron chi connectivity index (χ3n) is 5.03. The van der Waals surface area contributed by atoms with Crippen LogP contribution in [0.15, 0.2) is 66.4 Å². The first-order valence-electron chi connectivity index (χ1n) is 9.36. The molecule has 0 aliphatic carbocycles. The van der Waals surface area contributed by atoms with E-state index in [0.29, 0.717) is 6.42 Å². The average Bonchev–Trinajstić information content (AvgIpc) is 3.22. The minimum atomic E-state index is -1.63. The molecule has 2 N–H and O–H groups in total. The zero-order chi connectivity index (χ0) is 21.6. The molecule has 0 unspecified atom stereocenters. The highest BCUT2D eigenvalue weighted by atomic mass is 19.1. The van der Waals surface area contributed by atoms with Gasteiger partial charge in [-0.15, -0.1) is 0 Å². The van der Waals surface area contributed by atoms with Gasteiger partial charge >= 0.3 is 0 Å². The van der Waals surface area contributed by atoms with Crippen molar-refractivity contribution in [3.63, 3.8) is 0 Å². The molecule has 1 heterocycles. The van der Waals surface area contributed by atoms with Crippen LogP contribution in [-0.2, 0) is 12.1 Å². The normalized spacial score (nSPS) is 14.9. The topological polar surface area (TPSA) is 83.5 Å². The van der Waals surface area contributed by atoms with Gasteiger partial charge in [0.25, 0.3) is 0 Å². The molecule has 2 atom stereocenters. The summed E-state index contributed by atoms with van der Waals surface area (Å²) in [5.74, 6) is -1.94. The number of aliphatic hydroxyl groups is 1. The molecule has 0 saturated carbocycles. The molecule has 3 aromatic rings. The lowest BCUT2D eigenvalue weighted by Gasteiger charge is -2.34. The molecule has 6 nitrogen and oxygen atoms in total. The van der Waals surface area contributed by atoms with E-state index in [4.69, 9.17) is 5.21 Å². The average molecular weight is 412 g/mol. The molecule has 0 bridgehead atoms. The summed E-state index contributed by atoms with van der Waals surface area (Å²) in [5, 5.41) is 27.0. The third kappa shape index (κ3) is 4.96. The van der Waals surface area contributed by atoms with Crippen LogP contribution in [0.2, 0.25) is 0 Å². The minimum Gasteiger partial charge on any atom is -0.411 e. The smallest absolute Gasteiger partial charge is 0.137 e. The summed E-state index contributed by atoms with van der Waals surface area (Å²) >= 11 is 0. The number of allylic oxidation sites excluding steroid dienone is 1. The van der Waals surface area contributed by atoms with Gasteiger partial charge in [-0.25, -0.2) is 18.4 Å². The molecule has 1 aromatic heterocycles. The standard InChI is InChI=1S/C22H22F2N4O2/c1-16(3-2-4-17-5-7-18(8-6-17)12-27-30)22(29,13-28-15-25-14-26-28)20-10-9-19(23)11-21(20)24/h2,4-12,14-16,29-30H,3,13H2,1H3/b4-2+,27-12?/t16-,22+/m0/s1. The van der Waals surface area contributed by atoms with Crippen molar-refractivity contribution in [1.29, 1.82) is 0 Å². The lowest BCUT2D eigenvalue weighted by Crippen LogP contribution is -2.39. The number of halogens is 2. The third-order valence-corrected chi connectivity index (χ3v) is 5.03. The number of benzene rings is 2. The van der Waals surface area contributed by atoms with Crippen LogP contribution in [0.5, 0.6) is 0 Å². The van der Waals surface area contributed by atoms with Crippen LogP contribution in [0.25, 0.3) is 6.08 Å². The van der Waals surface area contributed by atoms with Gasteiger partial charge in [-0.05, 0) is 29.5 Å². The van der Waals surface area contributed by atoms with Crippen molar-refractivity contribution < 1.29 is 19.1 Å². The zero-order valence-corrected chi connectivity index (χ0v) is 16.4. The highest BCUT2D eigenvalue weighted by Crippen LogP contribution is 2.35. The van der Waals surface area contributed by atoms with E-state index >= 15 is 0 Å². The van der Waals surface area contributed by atoms with E-state index in [0.717, 1.165) is 23.3 Å². The van der Waals surface area contributed by atoms with Crippen molar-refractivity contribution in [3.05, 3.63) is 89.5 Å². The van der Waals surface area contributed by atoms with Gasteiger partial charge in [0.05, 0.1) is 12.8 Å². The molecule has 2 aromatic carbocycles. The number of hydrogen-bond acceptors (Lipinski definition) is 5. The van der Waals surface area contributed by atoms with Crippen LogP contribution >= 0.6 is 0 Å². The van der Waals surface area contributed by atoms with Gasteiger partial charge in [0, 0.05) is 11.6 Å².